The quantitative estimate of drug-likeness (QED) is 0.808. The molecule has 0 amide bonds. The third-order valence-electron chi connectivity index (χ3n) is 2.23. The lowest BCUT2D eigenvalue weighted by atomic mass is 10.1. The predicted molar refractivity (Wildman–Crippen MR) is 59.8 cm³/mol. The highest BCUT2D eigenvalue weighted by Gasteiger charge is 2.15. The van der Waals surface area contributed by atoms with Crippen LogP contribution in [0.5, 0.6) is 0 Å². The van der Waals surface area contributed by atoms with Crippen LogP contribution in [0.3, 0.4) is 0 Å². The smallest absolute Gasteiger partial charge is 0.337 e. The molecule has 0 fully saturated rings. The first-order valence-corrected chi connectivity index (χ1v) is 4.83. The van der Waals surface area contributed by atoms with Crippen LogP contribution in [0.4, 0.5) is 0 Å². The maximum Gasteiger partial charge on any atom is 0.337 e. The van der Waals surface area contributed by atoms with Crippen molar-refractivity contribution in [3.8, 4) is 11.4 Å². The first kappa shape index (κ1) is 10.9. The molecule has 0 aromatic carbocycles. The fourth-order valence-electron chi connectivity index (χ4n) is 1.48. The number of carbonyl (C=O) groups is 2. The summed E-state index contributed by atoms with van der Waals surface area (Å²) in [7, 11) is 0. The Labute approximate surface area is 96.8 Å². The third kappa shape index (κ3) is 2.03. The second-order valence-corrected chi connectivity index (χ2v) is 3.26. The summed E-state index contributed by atoms with van der Waals surface area (Å²) in [6, 6.07) is 6.12. The molecular weight excluding hydrogens is 220 g/mol. The number of aromatic carboxylic acids is 1. The Kier molecular flexibility index (Phi) is 2.91. The van der Waals surface area contributed by atoms with Crippen LogP contribution in [-0.4, -0.2) is 27.3 Å². The minimum absolute atomic E-state index is 0.0225. The van der Waals surface area contributed by atoms with Gasteiger partial charge < -0.3 is 5.11 Å². The van der Waals surface area contributed by atoms with Gasteiger partial charge in [-0.2, -0.15) is 0 Å². The molecule has 5 nitrogen and oxygen atoms in total. The molecule has 0 aliphatic rings. The Bertz CT molecular complexity index is 581. The van der Waals surface area contributed by atoms with Crippen molar-refractivity contribution in [2.45, 2.75) is 0 Å². The lowest BCUT2D eigenvalue weighted by molar-refractivity contribution is 0.0697. The summed E-state index contributed by atoms with van der Waals surface area (Å²) >= 11 is 0. The van der Waals surface area contributed by atoms with E-state index in [0.717, 1.165) is 0 Å². The number of aromatic nitrogens is 2. The van der Waals surface area contributed by atoms with Crippen molar-refractivity contribution in [2.75, 3.05) is 0 Å². The first-order chi connectivity index (χ1) is 8.24. The highest BCUT2D eigenvalue weighted by atomic mass is 16.4. The number of nitrogens with zero attached hydrogens (tertiary/aromatic N) is 2. The predicted octanol–water partition coefficient (Wildman–Crippen LogP) is 1.65. The van der Waals surface area contributed by atoms with Gasteiger partial charge in [-0.05, 0) is 24.3 Å². The van der Waals surface area contributed by atoms with Gasteiger partial charge in [-0.25, -0.2) is 4.79 Å². The minimum atomic E-state index is -1.10. The van der Waals surface area contributed by atoms with Gasteiger partial charge in [0.25, 0.3) is 0 Å². The Morgan fingerprint density at radius 2 is 1.76 bits per heavy atom. The molecule has 0 spiro atoms. The molecule has 2 rings (SSSR count). The molecule has 0 aliphatic heterocycles. The SMILES string of the molecule is O=Cc1cccnc1-c1ncccc1C(=O)O. The molecule has 2 heterocycles. The molecule has 0 aliphatic carbocycles. The van der Waals surface area contributed by atoms with Crippen LogP contribution in [-0.2, 0) is 0 Å². The van der Waals surface area contributed by atoms with Crippen LogP contribution in [0.1, 0.15) is 20.7 Å². The van der Waals surface area contributed by atoms with Crippen molar-refractivity contribution in [3.63, 3.8) is 0 Å². The molecule has 5 heteroatoms. The fourth-order valence-corrected chi connectivity index (χ4v) is 1.48. The van der Waals surface area contributed by atoms with E-state index in [2.05, 4.69) is 9.97 Å². The molecular formula is C12H8N2O3. The summed E-state index contributed by atoms with van der Waals surface area (Å²) < 4.78 is 0. The van der Waals surface area contributed by atoms with E-state index >= 15 is 0 Å². The van der Waals surface area contributed by atoms with Crippen molar-refractivity contribution < 1.29 is 14.7 Å². The number of rotatable bonds is 3. The number of pyridine rings is 2. The molecule has 0 saturated heterocycles. The van der Waals surface area contributed by atoms with E-state index in [1.54, 1.807) is 12.1 Å². The van der Waals surface area contributed by atoms with Crippen molar-refractivity contribution in [2.24, 2.45) is 0 Å². The van der Waals surface area contributed by atoms with Crippen LogP contribution in [0.25, 0.3) is 11.4 Å². The number of carbonyl (C=O) groups excluding carboxylic acids is 1. The van der Waals surface area contributed by atoms with Crippen LogP contribution in [0.15, 0.2) is 36.7 Å². The zero-order valence-corrected chi connectivity index (χ0v) is 8.70. The van der Waals surface area contributed by atoms with Crippen LogP contribution in [0.2, 0.25) is 0 Å². The number of hydrogen-bond donors (Lipinski definition) is 1. The van der Waals surface area contributed by atoms with E-state index in [1.807, 2.05) is 0 Å². The summed E-state index contributed by atoms with van der Waals surface area (Å²) in [5.41, 5.74) is 0.811. The average molecular weight is 228 g/mol. The van der Waals surface area contributed by atoms with Gasteiger partial charge in [-0.15, -0.1) is 0 Å². The molecule has 84 valence electrons. The molecule has 2 aromatic heterocycles. The second kappa shape index (κ2) is 4.52. The summed E-state index contributed by atoms with van der Waals surface area (Å²) in [5.74, 6) is -1.10. The fraction of sp³-hybridized carbons (Fsp3) is 0. The van der Waals surface area contributed by atoms with Gasteiger partial charge in [0.15, 0.2) is 6.29 Å². The number of carboxylic acid groups (broad SMARTS) is 1. The molecule has 0 saturated carbocycles. The lowest BCUT2D eigenvalue weighted by Crippen LogP contribution is -2.03. The zero-order valence-electron chi connectivity index (χ0n) is 8.70. The zero-order chi connectivity index (χ0) is 12.3. The van der Waals surface area contributed by atoms with E-state index in [0.29, 0.717) is 11.8 Å². The maximum atomic E-state index is 11.0. The molecule has 0 atom stereocenters. The third-order valence-corrected chi connectivity index (χ3v) is 2.23. The van der Waals surface area contributed by atoms with Crippen LogP contribution >= 0.6 is 0 Å². The van der Waals surface area contributed by atoms with Gasteiger partial charge in [0.1, 0.15) is 5.69 Å². The molecule has 17 heavy (non-hydrogen) atoms. The first-order valence-electron chi connectivity index (χ1n) is 4.83. The second-order valence-electron chi connectivity index (χ2n) is 3.26. The molecule has 0 bridgehead atoms. The van der Waals surface area contributed by atoms with Gasteiger partial charge >= 0.3 is 5.97 Å². The normalized spacial score (nSPS) is 9.88. The van der Waals surface area contributed by atoms with Crippen LogP contribution < -0.4 is 0 Å². The van der Waals surface area contributed by atoms with Gasteiger partial charge in [-0.3, -0.25) is 14.8 Å². The maximum absolute atomic E-state index is 11.0. The van der Waals surface area contributed by atoms with E-state index in [9.17, 15) is 9.59 Å². The highest BCUT2D eigenvalue weighted by molar-refractivity contribution is 5.96. The number of hydrogen-bond acceptors (Lipinski definition) is 4. The molecule has 2 aromatic rings. The average Bonchev–Trinajstić information content (AvgIpc) is 2.38. The largest absolute Gasteiger partial charge is 0.478 e. The molecule has 1 N–H and O–H groups in total. The Morgan fingerprint density at radius 3 is 2.41 bits per heavy atom. The van der Waals surface area contributed by atoms with Crippen molar-refractivity contribution >= 4 is 12.3 Å². The Hall–Kier alpha value is -2.56. The van der Waals surface area contributed by atoms with Gasteiger partial charge in [-0.1, -0.05) is 0 Å². The van der Waals surface area contributed by atoms with E-state index in [1.165, 1.54) is 24.5 Å². The van der Waals surface area contributed by atoms with Crippen LogP contribution in [0, 0.1) is 0 Å². The summed E-state index contributed by atoms with van der Waals surface area (Å²) in [6.45, 7) is 0. The molecule has 0 unspecified atom stereocenters. The number of aldehydes is 1. The van der Waals surface area contributed by atoms with E-state index in [-0.39, 0.29) is 17.0 Å². The van der Waals surface area contributed by atoms with Gasteiger partial charge in [0, 0.05) is 18.0 Å². The minimum Gasteiger partial charge on any atom is -0.478 e. The van der Waals surface area contributed by atoms with Gasteiger partial charge in [0.05, 0.1) is 11.3 Å². The Balaban J connectivity index is 2.68. The molecule has 0 radical (unpaired) electrons. The topological polar surface area (TPSA) is 80.2 Å². The lowest BCUT2D eigenvalue weighted by Gasteiger charge is -2.05. The summed E-state index contributed by atoms with van der Waals surface area (Å²) in [4.78, 5) is 29.9. The van der Waals surface area contributed by atoms with Crippen molar-refractivity contribution in [1.82, 2.24) is 9.97 Å². The summed E-state index contributed by atoms with van der Waals surface area (Å²) in [5, 5.41) is 9.03. The summed E-state index contributed by atoms with van der Waals surface area (Å²) in [6.07, 6.45) is 3.58. The van der Waals surface area contributed by atoms with E-state index in [4.69, 9.17) is 5.11 Å². The Morgan fingerprint density at radius 1 is 1.12 bits per heavy atom. The number of carboxylic acids is 1. The van der Waals surface area contributed by atoms with E-state index < -0.39 is 5.97 Å². The van der Waals surface area contributed by atoms with Gasteiger partial charge in [0.2, 0.25) is 0 Å². The highest BCUT2D eigenvalue weighted by Crippen LogP contribution is 2.21. The van der Waals surface area contributed by atoms with Crippen molar-refractivity contribution in [1.29, 1.82) is 0 Å². The standard InChI is InChI=1S/C12H8N2O3/c15-7-8-3-1-5-13-10(8)11-9(12(16)17)4-2-6-14-11/h1-7H,(H,16,17). The van der Waals surface area contributed by atoms with Crippen molar-refractivity contribution in [3.05, 3.63) is 47.8 Å². The monoisotopic (exact) mass is 228 g/mol.